The van der Waals surface area contributed by atoms with Crippen LogP contribution in [-0.2, 0) is 17.8 Å². The molecule has 0 spiro atoms. The maximum atomic E-state index is 12.4. The van der Waals surface area contributed by atoms with Crippen LogP contribution in [0, 0.1) is 5.92 Å². The number of aromatic nitrogens is 2. The molecular formula is C32H37ClN6O2. The summed E-state index contributed by atoms with van der Waals surface area (Å²) in [6.45, 7) is 9.33. The predicted molar refractivity (Wildman–Crippen MR) is 163 cm³/mol. The number of carbonyl (C=O) groups excluding carboxylic acids is 1. The number of carbonyl (C=O) groups is 1. The van der Waals surface area contributed by atoms with Crippen LogP contribution in [0.3, 0.4) is 0 Å². The summed E-state index contributed by atoms with van der Waals surface area (Å²) in [7, 11) is 2.16. The van der Waals surface area contributed by atoms with E-state index < -0.39 is 0 Å². The van der Waals surface area contributed by atoms with E-state index in [0.29, 0.717) is 37.7 Å². The van der Waals surface area contributed by atoms with Crippen LogP contribution in [0.2, 0.25) is 5.02 Å². The highest BCUT2D eigenvalue weighted by molar-refractivity contribution is 6.36. The van der Waals surface area contributed by atoms with Crippen molar-refractivity contribution >= 4 is 39.8 Å². The van der Waals surface area contributed by atoms with Crippen molar-refractivity contribution < 1.29 is 9.53 Å². The second-order valence-corrected chi connectivity index (χ2v) is 12.3. The number of nitrogens with zero attached hydrogens (tertiary/aromatic N) is 6. The largest absolute Gasteiger partial charge is 0.462 e. The molecule has 0 aliphatic carbocycles. The lowest BCUT2D eigenvalue weighted by atomic mass is 10.0. The SMILES string of the molecule is C=CC(=O)N1CC2CCN(c3nc(OC[C@@H]4CCCN4C)nc4c3CCN(c3cccc5cccc(Cl)c35)C4)C2C1. The third-order valence-corrected chi connectivity index (χ3v) is 9.89. The molecule has 2 aromatic carbocycles. The van der Waals surface area contributed by atoms with Gasteiger partial charge in [0.25, 0.3) is 0 Å². The third kappa shape index (κ3) is 4.81. The number of anilines is 2. The van der Waals surface area contributed by atoms with Crippen molar-refractivity contribution in [1.29, 1.82) is 0 Å². The summed E-state index contributed by atoms with van der Waals surface area (Å²) in [5.41, 5.74) is 3.34. The molecule has 0 radical (unpaired) electrons. The van der Waals surface area contributed by atoms with Crippen LogP contribution in [0.15, 0.2) is 49.1 Å². The summed E-state index contributed by atoms with van der Waals surface area (Å²) in [6, 6.07) is 13.5. The Morgan fingerprint density at radius 3 is 2.78 bits per heavy atom. The first-order valence-corrected chi connectivity index (χ1v) is 15.2. The monoisotopic (exact) mass is 572 g/mol. The van der Waals surface area contributed by atoms with Crippen molar-refractivity contribution in [2.45, 2.75) is 44.3 Å². The summed E-state index contributed by atoms with van der Waals surface area (Å²) >= 11 is 6.71. The van der Waals surface area contributed by atoms with Crippen LogP contribution in [0.5, 0.6) is 6.01 Å². The maximum absolute atomic E-state index is 12.4. The summed E-state index contributed by atoms with van der Waals surface area (Å²) in [5.74, 6) is 1.44. The number of fused-ring (bicyclic) bond motifs is 3. The van der Waals surface area contributed by atoms with Gasteiger partial charge in [0.15, 0.2) is 0 Å². The molecule has 3 atom stereocenters. The highest BCUT2D eigenvalue weighted by Crippen LogP contribution is 2.40. The van der Waals surface area contributed by atoms with Crippen LogP contribution < -0.4 is 14.5 Å². The summed E-state index contributed by atoms with van der Waals surface area (Å²) in [6.07, 6.45) is 5.64. The van der Waals surface area contributed by atoms with Gasteiger partial charge in [-0.2, -0.15) is 9.97 Å². The normalized spacial score (nSPS) is 24.1. The lowest BCUT2D eigenvalue weighted by Gasteiger charge is -2.35. The van der Waals surface area contributed by atoms with E-state index in [1.54, 1.807) is 0 Å². The first-order chi connectivity index (χ1) is 20.0. The van der Waals surface area contributed by atoms with Gasteiger partial charge in [-0.1, -0.05) is 42.4 Å². The Morgan fingerprint density at radius 1 is 1.12 bits per heavy atom. The molecular weight excluding hydrogens is 536 g/mol. The number of hydrogen-bond acceptors (Lipinski definition) is 7. The molecule has 9 heteroatoms. The fourth-order valence-corrected chi connectivity index (χ4v) is 7.61. The van der Waals surface area contributed by atoms with Crippen LogP contribution >= 0.6 is 11.6 Å². The zero-order valence-corrected chi connectivity index (χ0v) is 24.4. The van der Waals surface area contributed by atoms with Gasteiger partial charge in [0.1, 0.15) is 12.4 Å². The standard InChI is InChI=1S/C32H37ClN6O2/c1-3-29(40)38-17-22-12-16-39(28(22)19-38)31-24-13-15-37(27-11-5-8-21-7-4-10-25(33)30(21)27)18-26(24)34-32(35-31)41-20-23-9-6-14-36(23)2/h3-5,7-8,10-11,22-23,28H,1,6,9,12-20H2,2H3/t22?,23-,28?/m0/s1. The molecule has 5 heterocycles. The number of halogens is 1. The lowest BCUT2D eigenvalue weighted by molar-refractivity contribution is -0.125. The molecule has 3 aromatic rings. The number of likely N-dealkylation sites (tertiary alicyclic amines) is 2. The maximum Gasteiger partial charge on any atom is 0.318 e. The molecule has 41 heavy (non-hydrogen) atoms. The first kappa shape index (κ1) is 26.5. The van der Waals surface area contributed by atoms with Crippen molar-refractivity contribution in [2.75, 3.05) is 56.2 Å². The lowest BCUT2D eigenvalue weighted by Crippen LogP contribution is -2.39. The van der Waals surface area contributed by atoms with Gasteiger partial charge in [-0.3, -0.25) is 4.79 Å². The summed E-state index contributed by atoms with van der Waals surface area (Å²) in [5, 5.41) is 2.98. The van der Waals surface area contributed by atoms with Gasteiger partial charge in [0, 0.05) is 54.8 Å². The molecule has 8 nitrogen and oxygen atoms in total. The molecule has 4 aliphatic rings. The average Bonchev–Trinajstić information content (AvgIpc) is 3.71. The fourth-order valence-electron chi connectivity index (χ4n) is 7.33. The average molecular weight is 573 g/mol. The van der Waals surface area contributed by atoms with Crippen LogP contribution in [0.1, 0.15) is 30.5 Å². The van der Waals surface area contributed by atoms with Gasteiger partial charge in [0.2, 0.25) is 5.91 Å². The smallest absolute Gasteiger partial charge is 0.318 e. The van der Waals surface area contributed by atoms with E-state index in [0.717, 1.165) is 78.4 Å². The minimum Gasteiger partial charge on any atom is -0.462 e. The molecule has 0 saturated carbocycles. The number of amides is 1. The molecule has 4 aliphatic heterocycles. The van der Waals surface area contributed by atoms with Gasteiger partial charge >= 0.3 is 6.01 Å². The van der Waals surface area contributed by atoms with E-state index in [-0.39, 0.29) is 11.9 Å². The van der Waals surface area contributed by atoms with E-state index in [1.165, 1.54) is 18.1 Å². The van der Waals surface area contributed by atoms with Gasteiger partial charge < -0.3 is 24.3 Å². The topological polar surface area (TPSA) is 65.0 Å². The van der Waals surface area contributed by atoms with Crippen molar-refractivity contribution in [3.05, 3.63) is 65.3 Å². The zero-order valence-electron chi connectivity index (χ0n) is 23.6. The highest BCUT2D eigenvalue weighted by Gasteiger charge is 2.44. The van der Waals surface area contributed by atoms with Gasteiger partial charge in [-0.05, 0) is 62.9 Å². The zero-order chi connectivity index (χ0) is 28.1. The van der Waals surface area contributed by atoms with Gasteiger partial charge in [-0.25, -0.2) is 0 Å². The van der Waals surface area contributed by atoms with Crippen molar-refractivity contribution in [3.63, 3.8) is 0 Å². The van der Waals surface area contributed by atoms with E-state index in [4.69, 9.17) is 26.3 Å². The molecule has 1 amide bonds. The quantitative estimate of drug-likeness (QED) is 0.402. The minimum absolute atomic E-state index is 0.0122. The van der Waals surface area contributed by atoms with E-state index in [2.05, 4.69) is 52.6 Å². The number of rotatable bonds is 6. The molecule has 0 bridgehead atoms. The Hall–Kier alpha value is -3.36. The molecule has 3 fully saturated rings. The first-order valence-electron chi connectivity index (χ1n) is 14.8. The highest BCUT2D eigenvalue weighted by atomic mass is 35.5. The Bertz CT molecular complexity index is 1490. The fraction of sp³-hybridized carbons (Fsp3) is 0.469. The third-order valence-electron chi connectivity index (χ3n) is 9.58. The van der Waals surface area contributed by atoms with Crippen LogP contribution in [-0.4, -0.2) is 84.1 Å². The van der Waals surface area contributed by atoms with E-state index in [9.17, 15) is 4.79 Å². The second-order valence-electron chi connectivity index (χ2n) is 11.9. The van der Waals surface area contributed by atoms with Crippen molar-refractivity contribution in [2.24, 2.45) is 5.92 Å². The van der Waals surface area contributed by atoms with Crippen LogP contribution in [0.25, 0.3) is 10.8 Å². The molecule has 1 aromatic heterocycles. The molecule has 0 N–H and O–H groups in total. The summed E-state index contributed by atoms with van der Waals surface area (Å²) < 4.78 is 6.34. The Morgan fingerprint density at radius 2 is 1.98 bits per heavy atom. The summed E-state index contributed by atoms with van der Waals surface area (Å²) in [4.78, 5) is 31.6. The molecule has 7 rings (SSSR count). The minimum atomic E-state index is 0.0122. The Kier molecular flexibility index (Phi) is 6.99. The van der Waals surface area contributed by atoms with Gasteiger partial charge in [0.05, 0.1) is 23.3 Å². The molecule has 2 unspecified atom stereocenters. The molecule has 214 valence electrons. The van der Waals surface area contributed by atoms with E-state index in [1.807, 2.05) is 17.0 Å². The van der Waals surface area contributed by atoms with E-state index >= 15 is 0 Å². The van der Waals surface area contributed by atoms with Gasteiger partial charge in [-0.15, -0.1) is 0 Å². The molecule has 3 saturated heterocycles. The van der Waals surface area contributed by atoms with Crippen LogP contribution in [0.4, 0.5) is 11.5 Å². The Labute approximate surface area is 246 Å². The van der Waals surface area contributed by atoms with Crippen molar-refractivity contribution in [1.82, 2.24) is 19.8 Å². The Balaban J connectivity index is 1.23. The second kappa shape index (κ2) is 10.8. The number of hydrogen-bond donors (Lipinski definition) is 0. The number of likely N-dealkylation sites (N-methyl/N-ethyl adjacent to an activating group) is 1. The van der Waals surface area contributed by atoms with Crippen molar-refractivity contribution in [3.8, 4) is 6.01 Å². The predicted octanol–water partition coefficient (Wildman–Crippen LogP) is 4.54. The number of ether oxygens (including phenoxy) is 1. The number of benzene rings is 2.